The number of aliphatic hydroxyl groups is 1. The number of ketones is 1. The summed E-state index contributed by atoms with van der Waals surface area (Å²) in [5.74, 6) is 0.578. The van der Waals surface area contributed by atoms with Crippen molar-refractivity contribution in [2.75, 3.05) is 13.6 Å². The number of nitrogens with zero attached hydrogens (tertiary/aromatic N) is 1. The van der Waals surface area contributed by atoms with Crippen molar-refractivity contribution >= 4 is 5.78 Å². The number of hydrogen-bond acceptors (Lipinski definition) is 5. The van der Waals surface area contributed by atoms with E-state index in [2.05, 4.69) is 12.5 Å². The molecule has 3 aliphatic carbocycles. The second-order valence-corrected chi connectivity index (χ2v) is 9.17. The number of ether oxygens (including phenoxy) is 1. The fourth-order valence-electron chi connectivity index (χ4n) is 6.53. The van der Waals surface area contributed by atoms with Crippen LogP contribution in [0, 0.1) is 0 Å². The smallest absolute Gasteiger partial charge is 0.174 e. The minimum absolute atomic E-state index is 0.0148. The Hall–Kier alpha value is -1.63. The third kappa shape index (κ3) is 1.54. The molecular formula is C20H25N2O4+. The van der Waals surface area contributed by atoms with E-state index in [4.69, 9.17) is 4.74 Å². The summed E-state index contributed by atoms with van der Waals surface area (Å²) in [5.41, 5.74) is 4.09. The van der Waals surface area contributed by atoms with Crippen LogP contribution in [0.1, 0.15) is 43.2 Å². The minimum atomic E-state index is -0.994. The average molecular weight is 357 g/mol. The van der Waals surface area contributed by atoms with Gasteiger partial charge in [-0.05, 0) is 30.9 Å². The number of piperidine rings is 1. The lowest BCUT2D eigenvalue weighted by atomic mass is 9.49. The van der Waals surface area contributed by atoms with Crippen molar-refractivity contribution in [1.29, 1.82) is 0 Å². The van der Waals surface area contributed by atoms with Gasteiger partial charge in [-0.15, -0.1) is 0 Å². The van der Waals surface area contributed by atoms with Crippen molar-refractivity contribution in [3.05, 3.63) is 23.3 Å². The summed E-state index contributed by atoms with van der Waals surface area (Å²) < 4.78 is 6.71. The zero-order valence-electron chi connectivity index (χ0n) is 15.0. The molecule has 5 atom stereocenters. The fraction of sp³-hybridized carbons (Fsp3) is 0.650. The first-order valence-electron chi connectivity index (χ1n) is 9.79. The molecule has 0 amide bonds. The first-order chi connectivity index (χ1) is 12.4. The molecule has 6 rings (SSSR count). The van der Waals surface area contributed by atoms with Crippen LogP contribution < -0.4 is 10.2 Å². The zero-order valence-corrected chi connectivity index (χ0v) is 15.0. The maximum absolute atomic E-state index is 12.8. The predicted octanol–water partition coefficient (Wildman–Crippen LogP) is 0.927. The molecule has 0 aromatic heterocycles. The standard InChI is InChI=1S/C20H24N2O4/c1-22(21-12-3-4-12)9-8-19-16-11-2-5-13(23)17(16)26-18(19)14(24)6-7-20(19,25)15(22)10-11/h2,5,12,15,18,21,25H,3-4,6-10H2,1H3/p+1. The zero-order chi connectivity index (χ0) is 17.9. The second-order valence-electron chi connectivity index (χ2n) is 9.17. The van der Waals surface area contributed by atoms with Gasteiger partial charge >= 0.3 is 0 Å². The van der Waals surface area contributed by atoms with Crippen molar-refractivity contribution < 1.29 is 24.3 Å². The number of carbonyl (C=O) groups excluding carboxylic acids is 1. The van der Waals surface area contributed by atoms with E-state index in [1.165, 1.54) is 12.8 Å². The molecule has 1 aromatic carbocycles. The molecule has 0 radical (unpaired) electrons. The Balaban J connectivity index is 1.60. The molecule has 2 aliphatic heterocycles. The highest BCUT2D eigenvalue weighted by Crippen LogP contribution is 2.65. The number of nitrogens with one attached hydrogen (secondary N) is 1. The van der Waals surface area contributed by atoms with Crippen LogP contribution in [0.4, 0.5) is 0 Å². The SMILES string of the molecule is C[N+]1(NC2CC2)CCC23c4c5ccc(O)c4OC2C(=O)CCC3(O)C1C5. The first kappa shape index (κ1) is 15.4. The van der Waals surface area contributed by atoms with Gasteiger partial charge in [0.25, 0.3) is 0 Å². The lowest BCUT2D eigenvalue weighted by Gasteiger charge is -2.63. The largest absolute Gasteiger partial charge is 0.504 e. The van der Waals surface area contributed by atoms with E-state index in [9.17, 15) is 15.0 Å². The van der Waals surface area contributed by atoms with Gasteiger partial charge < -0.3 is 14.9 Å². The van der Waals surface area contributed by atoms with Gasteiger partial charge in [0.15, 0.2) is 23.4 Å². The number of phenolic OH excluding ortho intramolecular Hbond substituents is 1. The topological polar surface area (TPSA) is 78.8 Å². The Labute approximate surface area is 152 Å². The molecule has 6 heteroatoms. The number of rotatable bonds is 2. The van der Waals surface area contributed by atoms with Gasteiger partial charge in [-0.25, -0.2) is 4.59 Å². The molecule has 3 N–H and O–H groups in total. The number of carbonyl (C=O) groups is 1. The summed E-state index contributed by atoms with van der Waals surface area (Å²) in [4.78, 5) is 12.8. The Bertz CT molecular complexity index is 852. The molecule has 1 spiro atoms. The molecule has 1 aromatic rings. The van der Waals surface area contributed by atoms with E-state index >= 15 is 0 Å². The molecule has 138 valence electrons. The molecular weight excluding hydrogens is 332 g/mol. The number of phenols is 1. The highest BCUT2D eigenvalue weighted by atomic mass is 16.5. The molecule has 6 nitrogen and oxygen atoms in total. The fourth-order valence-corrected chi connectivity index (χ4v) is 6.53. The van der Waals surface area contributed by atoms with Crippen LogP contribution in [0.5, 0.6) is 11.5 Å². The van der Waals surface area contributed by atoms with Crippen molar-refractivity contribution in [3.63, 3.8) is 0 Å². The molecule has 2 saturated carbocycles. The summed E-state index contributed by atoms with van der Waals surface area (Å²) >= 11 is 0. The highest BCUT2D eigenvalue weighted by molar-refractivity contribution is 5.89. The van der Waals surface area contributed by atoms with E-state index in [0.29, 0.717) is 35.6 Å². The quantitative estimate of drug-likeness (QED) is 0.686. The van der Waals surface area contributed by atoms with Gasteiger partial charge in [0.05, 0.1) is 25.0 Å². The molecule has 5 aliphatic rings. The summed E-state index contributed by atoms with van der Waals surface area (Å²) in [6.45, 7) is 0.852. The summed E-state index contributed by atoms with van der Waals surface area (Å²) in [7, 11) is 2.20. The van der Waals surface area contributed by atoms with Crippen LogP contribution in [0.3, 0.4) is 0 Å². The number of Topliss-reactive ketones (excluding diaryl/α,β-unsaturated/α-hetero) is 1. The number of likely N-dealkylation sites (N-methyl/N-ethyl adjacent to an activating group) is 1. The van der Waals surface area contributed by atoms with Gasteiger partial charge in [0, 0.05) is 24.8 Å². The van der Waals surface area contributed by atoms with E-state index in [-0.39, 0.29) is 17.6 Å². The third-order valence-corrected chi connectivity index (χ3v) is 7.85. The van der Waals surface area contributed by atoms with Crippen LogP contribution in [0.25, 0.3) is 0 Å². The second kappa shape index (κ2) is 4.43. The number of likely N-dealkylation sites (tertiary alicyclic amines) is 1. The summed E-state index contributed by atoms with van der Waals surface area (Å²) in [5, 5.41) is 22.5. The Kier molecular flexibility index (Phi) is 2.63. The van der Waals surface area contributed by atoms with Gasteiger partial charge in [0.2, 0.25) is 0 Å². The molecule has 3 fully saturated rings. The first-order valence-corrected chi connectivity index (χ1v) is 9.79. The van der Waals surface area contributed by atoms with E-state index < -0.39 is 17.1 Å². The number of quaternary nitrogens is 1. The normalized spacial score (nSPS) is 45.2. The molecule has 5 unspecified atom stereocenters. The van der Waals surface area contributed by atoms with Crippen LogP contribution in [0.15, 0.2) is 12.1 Å². The Morgan fingerprint density at radius 2 is 2.12 bits per heavy atom. The molecule has 1 saturated heterocycles. The van der Waals surface area contributed by atoms with Crippen molar-refractivity contribution in [2.24, 2.45) is 0 Å². The van der Waals surface area contributed by atoms with Gasteiger partial charge in [-0.2, -0.15) is 5.43 Å². The van der Waals surface area contributed by atoms with Gasteiger partial charge in [-0.3, -0.25) is 4.79 Å². The predicted molar refractivity (Wildman–Crippen MR) is 92.7 cm³/mol. The van der Waals surface area contributed by atoms with Gasteiger partial charge in [0.1, 0.15) is 11.6 Å². The summed E-state index contributed by atoms with van der Waals surface area (Å²) in [6.07, 6.45) is 3.97. The number of hydrogen-bond donors (Lipinski definition) is 3. The average Bonchev–Trinajstić information content (AvgIpc) is 3.32. The lowest BCUT2D eigenvalue weighted by Crippen LogP contribution is -2.83. The van der Waals surface area contributed by atoms with E-state index in [0.717, 1.165) is 24.1 Å². The third-order valence-electron chi connectivity index (χ3n) is 7.85. The number of benzene rings is 1. The van der Waals surface area contributed by atoms with Crippen LogP contribution >= 0.6 is 0 Å². The van der Waals surface area contributed by atoms with Crippen LogP contribution in [-0.4, -0.2) is 58.0 Å². The highest BCUT2D eigenvalue weighted by Gasteiger charge is 2.76. The Morgan fingerprint density at radius 1 is 1.31 bits per heavy atom. The lowest BCUT2D eigenvalue weighted by molar-refractivity contribution is -0.989. The van der Waals surface area contributed by atoms with E-state index in [1.54, 1.807) is 6.07 Å². The summed E-state index contributed by atoms with van der Waals surface area (Å²) in [6, 6.07) is 4.15. The van der Waals surface area contributed by atoms with E-state index in [1.807, 2.05) is 6.07 Å². The van der Waals surface area contributed by atoms with Crippen LogP contribution in [0.2, 0.25) is 0 Å². The molecule has 2 bridgehead atoms. The maximum Gasteiger partial charge on any atom is 0.174 e. The Morgan fingerprint density at radius 3 is 2.88 bits per heavy atom. The van der Waals surface area contributed by atoms with Crippen LogP contribution in [-0.2, 0) is 16.6 Å². The molecule has 26 heavy (non-hydrogen) atoms. The monoisotopic (exact) mass is 357 g/mol. The van der Waals surface area contributed by atoms with Crippen molar-refractivity contribution in [3.8, 4) is 11.5 Å². The molecule has 2 heterocycles. The van der Waals surface area contributed by atoms with Crippen molar-refractivity contribution in [1.82, 2.24) is 5.43 Å². The minimum Gasteiger partial charge on any atom is -0.504 e. The maximum atomic E-state index is 12.8. The van der Waals surface area contributed by atoms with Crippen molar-refractivity contribution in [2.45, 2.75) is 67.7 Å². The number of aromatic hydroxyl groups is 1. The van der Waals surface area contributed by atoms with Gasteiger partial charge in [-0.1, -0.05) is 6.07 Å².